The maximum absolute atomic E-state index is 12.7. The number of nitrogens with one attached hydrogen (secondary N) is 2. The zero-order valence-corrected chi connectivity index (χ0v) is 19.7. The van der Waals surface area contributed by atoms with Gasteiger partial charge in [0.2, 0.25) is 5.56 Å². The molecule has 178 valence electrons. The second-order valence-electron chi connectivity index (χ2n) is 9.14. The SMILES string of the molecule is Cc1ccc(C(=O)Oc2ccc(C(CNC(C)C)OC(=O)C3CCC3)c3ccc(=O)[nH]c23)cc1. The summed E-state index contributed by atoms with van der Waals surface area (Å²) in [5.41, 5.74) is 2.25. The van der Waals surface area contributed by atoms with E-state index in [1.54, 1.807) is 30.3 Å². The number of aromatic amines is 1. The van der Waals surface area contributed by atoms with Crippen molar-refractivity contribution in [3.05, 3.63) is 75.6 Å². The second kappa shape index (κ2) is 10.2. The average Bonchev–Trinajstić information content (AvgIpc) is 2.76. The smallest absolute Gasteiger partial charge is 0.343 e. The number of aromatic nitrogens is 1. The van der Waals surface area contributed by atoms with Gasteiger partial charge in [-0.3, -0.25) is 9.59 Å². The number of carbonyl (C=O) groups excluding carboxylic acids is 2. The van der Waals surface area contributed by atoms with E-state index in [2.05, 4.69) is 10.3 Å². The molecule has 1 aliphatic carbocycles. The lowest BCUT2D eigenvalue weighted by Gasteiger charge is -2.28. The highest BCUT2D eigenvalue weighted by molar-refractivity contribution is 5.95. The molecule has 2 aromatic carbocycles. The Bertz CT molecular complexity index is 1240. The van der Waals surface area contributed by atoms with Gasteiger partial charge in [-0.1, -0.05) is 44.0 Å². The summed E-state index contributed by atoms with van der Waals surface area (Å²) in [6.45, 7) is 6.41. The Labute approximate surface area is 198 Å². The molecule has 1 fully saturated rings. The first-order valence-corrected chi connectivity index (χ1v) is 11.7. The number of ether oxygens (including phenoxy) is 2. The molecule has 1 unspecified atom stereocenters. The summed E-state index contributed by atoms with van der Waals surface area (Å²) in [4.78, 5) is 40.3. The average molecular weight is 463 g/mol. The molecule has 0 spiro atoms. The van der Waals surface area contributed by atoms with Crippen molar-refractivity contribution in [3.8, 4) is 5.75 Å². The van der Waals surface area contributed by atoms with Crippen LogP contribution in [0.4, 0.5) is 0 Å². The number of esters is 2. The van der Waals surface area contributed by atoms with Crippen LogP contribution in [0.3, 0.4) is 0 Å². The predicted octanol–water partition coefficient (Wildman–Crippen LogP) is 4.44. The first kappa shape index (κ1) is 23.7. The molecule has 0 amide bonds. The van der Waals surface area contributed by atoms with E-state index < -0.39 is 12.1 Å². The van der Waals surface area contributed by atoms with E-state index in [4.69, 9.17) is 9.47 Å². The number of benzene rings is 2. The van der Waals surface area contributed by atoms with Crippen molar-refractivity contribution in [2.75, 3.05) is 6.54 Å². The maximum atomic E-state index is 12.7. The number of hydrogen-bond donors (Lipinski definition) is 2. The van der Waals surface area contributed by atoms with E-state index in [-0.39, 0.29) is 29.2 Å². The molecule has 1 atom stereocenters. The second-order valence-corrected chi connectivity index (χ2v) is 9.14. The van der Waals surface area contributed by atoms with Gasteiger partial charge in [-0.05, 0) is 44.0 Å². The monoisotopic (exact) mass is 462 g/mol. The Balaban J connectivity index is 1.69. The fourth-order valence-corrected chi connectivity index (χ4v) is 3.90. The largest absolute Gasteiger partial charge is 0.456 e. The minimum atomic E-state index is -0.550. The van der Waals surface area contributed by atoms with E-state index in [1.807, 2.05) is 32.9 Å². The molecule has 1 saturated carbocycles. The molecule has 34 heavy (non-hydrogen) atoms. The summed E-state index contributed by atoms with van der Waals surface area (Å²) in [7, 11) is 0. The first-order chi connectivity index (χ1) is 16.3. The topological polar surface area (TPSA) is 97.5 Å². The molecular formula is C27H30N2O5. The normalized spacial score (nSPS) is 14.6. The van der Waals surface area contributed by atoms with E-state index >= 15 is 0 Å². The highest BCUT2D eigenvalue weighted by atomic mass is 16.5. The van der Waals surface area contributed by atoms with Crippen molar-refractivity contribution in [2.24, 2.45) is 5.92 Å². The lowest BCUT2D eigenvalue weighted by molar-refractivity contribution is -0.157. The third kappa shape index (κ3) is 5.37. The van der Waals surface area contributed by atoms with Crippen molar-refractivity contribution in [3.63, 3.8) is 0 Å². The van der Waals surface area contributed by atoms with Gasteiger partial charge in [-0.2, -0.15) is 0 Å². The van der Waals surface area contributed by atoms with Gasteiger partial charge in [-0.15, -0.1) is 0 Å². The summed E-state index contributed by atoms with van der Waals surface area (Å²) in [5, 5.41) is 4.00. The Hall–Kier alpha value is -3.45. The van der Waals surface area contributed by atoms with Crippen LogP contribution in [-0.2, 0) is 9.53 Å². The van der Waals surface area contributed by atoms with Gasteiger partial charge in [0.25, 0.3) is 0 Å². The molecule has 3 aromatic rings. The van der Waals surface area contributed by atoms with Crippen LogP contribution in [-0.4, -0.2) is 29.5 Å². The van der Waals surface area contributed by atoms with Gasteiger partial charge in [0, 0.05) is 29.6 Å². The summed E-state index contributed by atoms with van der Waals surface area (Å²) in [6, 6.07) is 13.8. The van der Waals surface area contributed by atoms with Crippen LogP contribution >= 0.6 is 0 Å². The number of H-pyrrole nitrogens is 1. The molecule has 2 N–H and O–H groups in total. The van der Waals surface area contributed by atoms with Crippen molar-refractivity contribution in [1.29, 1.82) is 0 Å². The van der Waals surface area contributed by atoms with Gasteiger partial charge in [0.15, 0.2) is 5.75 Å². The third-order valence-corrected chi connectivity index (χ3v) is 6.14. The number of pyridine rings is 1. The molecule has 4 rings (SSSR count). The molecule has 7 heteroatoms. The number of rotatable bonds is 8. The fourth-order valence-electron chi connectivity index (χ4n) is 3.90. The number of hydrogen-bond acceptors (Lipinski definition) is 6. The van der Waals surface area contributed by atoms with Crippen molar-refractivity contribution in [2.45, 2.75) is 52.2 Å². The van der Waals surface area contributed by atoms with Gasteiger partial charge < -0.3 is 19.8 Å². The Morgan fingerprint density at radius 2 is 1.79 bits per heavy atom. The van der Waals surface area contributed by atoms with Crippen LogP contribution in [0.2, 0.25) is 0 Å². The summed E-state index contributed by atoms with van der Waals surface area (Å²) < 4.78 is 11.6. The van der Waals surface area contributed by atoms with Crippen LogP contribution < -0.4 is 15.6 Å². The van der Waals surface area contributed by atoms with Crippen LogP contribution in [0, 0.1) is 12.8 Å². The van der Waals surface area contributed by atoms with Crippen LogP contribution in [0.25, 0.3) is 10.9 Å². The minimum absolute atomic E-state index is 0.0534. The fraction of sp³-hybridized carbons (Fsp3) is 0.370. The Kier molecular flexibility index (Phi) is 7.12. The third-order valence-electron chi connectivity index (χ3n) is 6.14. The molecule has 0 bridgehead atoms. The van der Waals surface area contributed by atoms with Gasteiger partial charge >= 0.3 is 11.9 Å². The zero-order chi connectivity index (χ0) is 24.2. The van der Waals surface area contributed by atoms with Gasteiger partial charge in [-0.25, -0.2) is 4.79 Å². The first-order valence-electron chi connectivity index (χ1n) is 11.7. The summed E-state index contributed by atoms with van der Waals surface area (Å²) in [5.74, 6) is -0.535. The van der Waals surface area contributed by atoms with E-state index in [1.165, 1.54) is 6.07 Å². The number of fused-ring (bicyclic) bond motifs is 1. The maximum Gasteiger partial charge on any atom is 0.343 e. The lowest BCUT2D eigenvalue weighted by atomic mass is 9.85. The quantitative estimate of drug-likeness (QED) is 0.379. The molecule has 0 saturated heterocycles. The van der Waals surface area contributed by atoms with Crippen LogP contribution in [0.1, 0.15) is 60.7 Å². The highest BCUT2D eigenvalue weighted by Crippen LogP contribution is 2.34. The van der Waals surface area contributed by atoms with E-state index in [0.29, 0.717) is 23.0 Å². The molecule has 1 aliphatic rings. The number of aryl methyl sites for hydroxylation is 1. The zero-order valence-electron chi connectivity index (χ0n) is 19.7. The summed E-state index contributed by atoms with van der Waals surface area (Å²) in [6.07, 6.45) is 2.20. The van der Waals surface area contributed by atoms with Crippen LogP contribution in [0.5, 0.6) is 5.75 Å². The van der Waals surface area contributed by atoms with E-state index in [9.17, 15) is 14.4 Å². The molecule has 7 nitrogen and oxygen atoms in total. The molecular weight excluding hydrogens is 432 g/mol. The minimum Gasteiger partial charge on any atom is -0.456 e. The van der Waals surface area contributed by atoms with E-state index in [0.717, 1.165) is 30.4 Å². The highest BCUT2D eigenvalue weighted by Gasteiger charge is 2.30. The number of carbonyl (C=O) groups is 2. The lowest BCUT2D eigenvalue weighted by Crippen LogP contribution is -2.33. The summed E-state index contributed by atoms with van der Waals surface area (Å²) >= 11 is 0. The van der Waals surface area contributed by atoms with Crippen LogP contribution in [0.15, 0.2) is 53.3 Å². The molecule has 0 aliphatic heterocycles. The van der Waals surface area contributed by atoms with Crippen molar-refractivity contribution in [1.82, 2.24) is 10.3 Å². The Morgan fingerprint density at radius 3 is 2.44 bits per heavy atom. The van der Waals surface area contributed by atoms with Gasteiger partial charge in [0.1, 0.15) is 6.10 Å². The van der Waals surface area contributed by atoms with Crippen molar-refractivity contribution >= 4 is 22.8 Å². The van der Waals surface area contributed by atoms with Crippen molar-refractivity contribution < 1.29 is 19.1 Å². The predicted molar refractivity (Wildman–Crippen MR) is 130 cm³/mol. The standard InChI is InChI=1S/C27H30N2O5/c1-16(2)28-15-23(34-26(31)18-5-4-6-18)20-11-13-22(25-21(20)12-14-24(30)29-25)33-27(32)19-9-7-17(3)8-10-19/h7-14,16,18,23,28H,4-6,15H2,1-3H3,(H,29,30). The Morgan fingerprint density at radius 1 is 1.06 bits per heavy atom. The molecule has 0 radical (unpaired) electrons. The molecule has 1 aromatic heterocycles. The van der Waals surface area contributed by atoms with Gasteiger partial charge in [0.05, 0.1) is 17.0 Å². The molecule has 1 heterocycles.